The summed E-state index contributed by atoms with van der Waals surface area (Å²) < 4.78 is 64.9. The van der Waals surface area contributed by atoms with Gasteiger partial charge in [-0.25, -0.2) is 4.57 Å². The lowest BCUT2D eigenvalue weighted by Crippen LogP contribution is -2.69. The van der Waals surface area contributed by atoms with Crippen molar-refractivity contribution in [3.05, 3.63) is 0 Å². The minimum atomic E-state index is -5.69. The molecule has 0 spiro atoms. The van der Waals surface area contributed by atoms with Gasteiger partial charge in [0.25, 0.3) is 0 Å². The van der Waals surface area contributed by atoms with Crippen LogP contribution < -0.4 is 0 Å². The number of hydrogen-bond donors (Lipinski definition) is 11. The summed E-state index contributed by atoms with van der Waals surface area (Å²) in [5, 5.41) is 110. The lowest BCUT2D eigenvalue weighted by Gasteiger charge is -2.49. The molecule has 94 heavy (non-hydrogen) atoms. The molecule has 25 heteroatoms. The second-order valence-corrected chi connectivity index (χ2v) is 28.1. The zero-order valence-corrected chi connectivity index (χ0v) is 58.4. The molecule has 2 aliphatic heterocycles. The summed E-state index contributed by atoms with van der Waals surface area (Å²) in [6, 6.07) is 0. The number of esters is 3. The fraction of sp³-hybridized carbons (Fsp3) is 0.957. The lowest BCUT2D eigenvalue weighted by atomic mass is 9.84. The highest BCUT2D eigenvalue weighted by atomic mass is 31.2. The van der Waals surface area contributed by atoms with Crippen LogP contribution in [0.4, 0.5) is 0 Å². The number of phosphoric ester groups is 1. The first-order valence-electron chi connectivity index (χ1n) is 36.8. The maximum atomic E-state index is 14.3. The molecule has 2 heterocycles. The quantitative estimate of drug-likeness (QED) is 0.0117. The van der Waals surface area contributed by atoms with Crippen LogP contribution in [0.1, 0.15) is 290 Å². The van der Waals surface area contributed by atoms with Crippen LogP contribution in [0.15, 0.2) is 0 Å². The van der Waals surface area contributed by atoms with E-state index in [0.29, 0.717) is 19.3 Å². The standard InChI is InChI=1S/C69H129O24P/c1-4-7-10-13-16-19-22-25-27-30-33-36-39-42-45-55(73)88-50(47-85-53(71)43-40-37-34-32-29-26-23-20-17-14-11-8-5-2)48-87-94(83,84)93-67-65(91-68-63(81)58(76)56(74)51(46-70)89-68)61(79)60(78)62(80)66(67)92-69-64(82)59(77)57(75)52(90-69)49-86-54(72)44-41-38-35-31-28-24-21-18-15-12-9-6-3/h50-52,56-70,74-82H,4-49H2,1-3H3,(H,83,84). The van der Waals surface area contributed by atoms with Gasteiger partial charge in [0.15, 0.2) is 18.7 Å². The Morgan fingerprint density at radius 3 is 1.04 bits per heavy atom. The van der Waals surface area contributed by atoms with E-state index in [1.165, 1.54) is 141 Å². The van der Waals surface area contributed by atoms with E-state index in [9.17, 15) is 74.9 Å². The summed E-state index contributed by atoms with van der Waals surface area (Å²) in [6.07, 6.45) is 7.54. The van der Waals surface area contributed by atoms with Crippen LogP contribution >= 0.6 is 7.82 Å². The predicted molar refractivity (Wildman–Crippen MR) is 352 cm³/mol. The molecule has 1 aliphatic carbocycles. The van der Waals surface area contributed by atoms with Crippen LogP contribution in [0.25, 0.3) is 0 Å². The Morgan fingerprint density at radius 2 is 0.681 bits per heavy atom. The van der Waals surface area contributed by atoms with Gasteiger partial charge in [-0.15, -0.1) is 0 Å². The van der Waals surface area contributed by atoms with Crippen LogP contribution in [0.3, 0.4) is 0 Å². The number of aliphatic hydroxyl groups excluding tert-OH is 10. The normalized spacial score (nSPS) is 28.2. The van der Waals surface area contributed by atoms with Crippen molar-refractivity contribution in [1.82, 2.24) is 0 Å². The van der Waals surface area contributed by atoms with Crippen molar-refractivity contribution in [2.75, 3.05) is 26.4 Å². The van der Waals surface area contributed by atoms with Gasteiger partial charge >= 0.3 is 25.7 Å². The molecule has 11 N–H and O–H groups in total. The highest BCUT2D eigenvalue weighted by Crippen LogP contribution is 2.49. The Bertz CT molecular complexity index is 1960. The smallest absolute Gasteiger partial charge is 0.463 e. The third-order valence-electron chi connectivity index (χ3n) is 18.4. The molecule has 0 aromatic heterocycles. The summed E-state index contributed by atoms with van der Waals surface area (Å²) in [5.74, 6) is -1.98. The van der Waals surface area contributed by atoms with Crippen LogP contribution in [-0.4, -0.2) is 204 Å². The van der Waals surface area contributed by atoms with Crippen molar-refractivity contribution >= 4 is 25.7 Å². The lowest BCUT2D eigenvalue weighted by molar-refractivity contribution is -0.360. The van der Waals surface area contributed by atoms with Crippen LogP contribution in [0, 0.1) is 0 Å². The average molecular weight is 1370 g/mol. The number of carbonyl (C=O) groups excluding carboxylic acids is 3. The summed E-state index contributed by atoms with van der Waals surface area (Å²) in [5.41, 5.74) is 0. The Labute approximate surface area is 561 Å². The molecule has 0 bridgehead atoms. The van der Waals surface area contributed by atoms with Crippen molar-refractivity contribution in [2.24, 2.45) is 0 Å². The zero-order valence-electron chi connectivity index (χ0n) is 57.5. The second-order valence-electron chi connectivity index (χ2n) is 26.7. The Balaban J connectivity index is 1.75. The van der Waals surface area contributed by atoms with Gasteiger partial charge in [-0.1, -0.05) is 252 Å². The van der Waals surface area contributed by atoms with Gasteiger partial charge in [0.1, 0.15) is 98.7 Å². The number of carbonyl (C=O) groups is 3. The van der Waals surface area contributed by atoms with E-state index >= 15 is 0 Å². The summed E-state index contributed by atoms with van der Waals surface area (Å²) in [7, 11) is -5.69. The van der Waals surface area contributed by atoms with Gasteiger partial charge in [-0.3, -0.25) is 23.4 Å². The largest absolute Gasteiger partial charge is 0.472 e. The minimum Gasteiger partial charge on any atom is -0.463 e. The average Bonchev–Trinajstić information content (AvgIpc) is 0.766. The number of aliphatic hydroxyl groups is 10. The molecule has 18 atom stereocenters. The van der Waals surface area contributed by atoms with Crippen molar-refractivity contribution in [3.63, 3.8) is 0 Å². The van der Waals surface area contributed by atoms with E-state index in [1.54, 1.807) is 0 Å². The first kappa shape index (κ1) is 86.2. The second kappa shape index (κ2) is 52.0. The van der Waals surface area contributed by atoms with Gasteiger partial charge in [-0.05, 0) is 19.3 Å². The summed E-state index contributed by atoms with van der Waals surface area (Å²) in [4.78, 5) is 50.9. The van der Waals surface area contributed by atoms with E-state index in [-0.39, 0.29) is 19.3 Å². The first-order valence-corrected chi connectivity index (χ1v) is 38.3. The molecule has 0 aromatic carbocycles. The fourth-order valence-electron chi connectivity index (χ4n) is 12.3. The topological polar surface area (TPSA) is 374 Å². The SMILES string of the molecule is CCCCCCCCCCCCCCCCC(=O)OC(COC(=O)CCCCCCCCCCCCCCC)COP(=O)(O)OC1C(OC2OC(CO)C(O)C(O)C2O)C(O)C(O)C(O)C1OC1OC(COC(=O)CCCCCCCCCCCCCC)C(O)C(O)C1O. The highest BCUT2D eigenvalue weighted by molar-refractivity contribution is 7.47. The number of ether oxygens (including phenoxy) is 7. The maximum Gasteiger partial charge on any atom is 0.472 e. The molecule has 0 aromatic rings. The molecule has 3 aliphatic rings. The van der Waals surface area contributed by atoms with E-state index in [1.807, 2.05) is 0 Å². The predicted octanol–water partition coefficient (Wildman–Crippen LogP) is 9.40. The third-order valence-corrected chi connectivity index (χ3v) is 19.4. The molecular formula is C69H129O24P. The number of phosphoric acid groups is 1. The summed E-state index contributed by atoms with van der Waals surface area (Å²) in [6.45, 7) is 3.44. The molecule has 3 rings (SSSR count). The van der Waals surface area contributed by atoms with Gasteiger partial charge in [0, 0.05) is 19.3 Å². The van der Waals surface area contributed by atoms with Crippen molar-refractivity contribution in [3.8, 4) is 0 Å². The zero-order chi connectivity index (χ0) is 68.9. The van der Waals surface area contributed by atoms with Crippen molar-refractivity contribution in [1.29, 1.82) is 0 Å². The molecule has 1 saturated carbocycles. The van der Waals surface area contributed by atoms with Gasteiger partial charge < -0.3 is 89.1 Å². The van der Waals surface area contributed by atoms with Gasteiger partial charge in [0.2, 0.25) is 0 Å². The van der Waals surface area contributed by atoms with Crippen LogP contribution in [0.2, 0.25) is 0 Å². The van der Waals surface area contributed by atoms with Gasteiger partial charge in [-0.2, -0.15) is 0 Å². The Hall–Kier alpha value is -2.04. The molecule has 18 unspecified atom stereocenters. The van der Waals surface area contributed by atoms with E-state index < -0.39 is 156 Å². The number of hydrogen-bond acceptors (Lipinski definition) is 23. The third kappa shape index (κ3) is 35.3. The molecular weight excluding hydrogens is 1240 g/mol. The Morgan fingerprint density at radius 1 is 0.372 bits per heavy atom. The summed E-state index contributed by atoms with van der Waals surface area (Å²) >= 11 is 0. The van der Waals surface area contributed by atoms with E-state index in [0.717, 1.165) is 89.9 Å². The number of rotatable bonds is 57. The van der Waals surface area contributed by atoms with E-state index in [4.69, 9.17) is 42.2 Å². The van der Waals surface area contributed by atoms with Crippen LogP contribution in [-0.2, 0) is 61.2 Å². The molecule has 0 radical (unpaired) electrons. The van der Waals surface area contributed by atoms with Crippen LogP contribution in [0.5, 0.6) is 0 Å². The van der Waals surface area contributed by atoms with E-state index in [2.05, 4.69) is 20.8 Å². The maximum absolute atomic E-state index is 14.3. The number of unbranched alkanes of at least 4 members (excludes halogenated alkanes) is 36. The first-order chi connectivity index (χ1) is 45.3. The van der Waals surface area contributed by atoms with Crippen molar-refractivity contribution < 1.29 is 117 Å². The minimum absolute atomic E-state index is 0.0331. The molecule has 24 nitrogen and oxygen atoms in total. The molecule has 2 saturated heterocycles. The van der Waals surface area contributed by atoms with Crippen molar-refractivity contribution in [2.45, 2.75) is 395 Å². The molecule has 0 amide bonds. The molecule has 3 fully saturated rings. The monoisotopic (exact) mass is 1370 g/mol. The fourth-order valence-corrected chi connectivity index (χ4v) is 13.3. The highest BCUT2D eigenvalue weighted by Gasteiger charge is 2.58. The molecule has 554 valence electrons. The Kier molecular flexibility index (Phi) is 47.7. The van der Waals surface area contributed by atoms with Gasteiger partial charge in [0.05, 0.1) is 13.2 Å².